The van der Waals surface area contributed by atoms with Crippen LogP contribution in [0.1, 0.15) is 29.9 Å². The van der Waals surface area contributed by atoms with Gasteiger partial charge in [-0.2, -0.15) is 0 Å². The van der Waals surface area contributed by atoms with Crippen molar-refractivity contribution >= 4 is 17.6 Å². The molecule has 0 radical (unpaired) electrons. The highest BCUT2D eigenvalue weighted by atomic mass is 16.5. The first-order valence-corrected chi connectivity index (χ1v) is 7.18. The zero-order valence-electron chi connectivity index (χ0n) is 13.0. The van der Waals surface area contributed by atoms with Crippen molar-refractivity contribution in [2.45, 2.75) is 33.0 Å². The fourth-order valence-electron chi connectivity index (χ4n) is 1.83. The second-order valence-corrected chi connectivity index (χ2v) is 5.19. The van der Waals surface area contributed by atoms with E-state index in [0.717, 1.165) is 0 Å². The topological polar surface area (TPSA) is 112 Å². The minimum atomic E-state index is -0.394. The van der Waals surface area contributed by atoms with Crippen molar-refractivity contribution in [2.75, 3.05) is 5.32 Å². The summed E-state index contributed by atoms with van der Waals surface area (Å²) in [6.45, 7) is 3.87. The van der Waals surface area contributed by atoms with E-state index in [2.05, 4.69) is 15.6 Å². The van der Waals surface area contributed by atoms with E-state index in [1.54, 1.807) is 44.3 Å². The van der Waals surface area contributed by atoms with Crippen molar-refractivity contribution in [2.24, 2.45) is 5.73 Å². The highest BCUT2D eigenvalue weighted by Crippen LogP contribution is 2.11. The summed E-state index contributed by atoms with van der Waals surface area (Å²) < 4.78 is 6.50. The number of anilines is 1. The Hall–Kier alpha value is -2.74. The third-order valence-electron chi connectivity index (χ3n) is 2.85. The number of hydrogen-bond acceptors (Lipinski definition) is 6. The predicted molar refractivity (Wildman–Crippen MR) is 83.5 cm³/mol. The Bertz CT molecular complexity index is 679. The van der Waals surface area contributed by atoms with Crippen molar-refractivity contribution in [1.29, 1.82) is 0 Å². The fourth-order valence-corrected chi connectivity index (χ4v) is 1.83. The van der Waals surface area contributed by atoms with Gasteiger partial charge in [-0.15, -0.1) is 5.10 Å². The number of aromatic nitrogens is 3. The van der Waals surface area contributed by atoms with Gasteiger partial charge in [0.1, 0.15) is 6.54 Å². The Labute approximate surface area is 133 Å². The van der Waals surface area contributed by atoms with E-state index < -0.39 is 5.97 Å². The quantitative estimate of drug-likeness (QED) is 0.767. The molecular weight excluding hydrogens is 298 g/mol. The fraction of sp³-hybridized carbons (Fsp3) is 0.333. The summed E-state index contributed by atoms with van der Waals surface area (Å²) in [5, 5.41) is 10.3. The number of rotatable bonds is 6. The van der Waals surface area contributed by atoms with Crippen LogP contribution >= 0.6 is 0 Å². The Morgan fingerprint density at radius 3 is 2.57 bits per heavy atom. The number of nitrogens with two attached hydrogens (primary N) is 1. The summed E-state index contributed by atoms with van der Waals surface area (Å²) >= 11 is 0. The first-order valence-electron chi connectivity index (χ1n) is 7.18. The minimum absolute atomic E-state index is 0.0319. The van der Waals surface area contributed by atoms with E-state index in [0.29, 0.717) is 16.9 Å². The molecule has 8 nitrogen and oxygen atoms in total. The number of carbonyl (C=O) groups is 2. The van der Waals surface area contributed by atoms with Gasteiger partial charge >= 0.3 is 5.97 Å². The monoisotopic (exact) mass is 317 g/mol. The molecule has 1 heterocycles. The summed E-state index contributed by atoms with van der Waals surface area (Å²) in [5.41, 5.74) is 7.06. The highest BCUT2D eigenvalue weighted by Gasteiger charge is 2.10. The molecule has 0 aliphatic carbocycles. The van der Waals surface area contributed by atoms with Gasteiger partial charge < -0.3 is 15.8 Å². The van der Waals surface area contributed by atoms with Gasteiger partial charge in [0, 0.05) is 12.2 Å². The molecule has 0 bridgehead atoms. The van der Waals surface area contributed by atoms with Crippen LogP contribution in [0.15, 0.2) is 30.5 Å². The highest BCUT2D eigenvalue weighted by molar-refractivity contribution is 5.93. The lowest BCUT2D eigenvalue weighted by Gasteiger charge is -2.09. The van der Waals surface area contributed by atoms with E-state index in [-0.39, 0.29) is 25.1 Å². The number of amides is 1. The van der Waals surface area contributed by atoms with Crippen molar-refractivity contribution in [1.82, 2.24) is 15.0 Å². The molecule has 1 aromatic heterocycles. The average molecular weight is 317 g/mol. The number of nitrogens with one attached hydrogen (secondary N) is 1. The first kappa shape index (κ1) is 16.6. The molecule has 23 heavy (non-hydrogen) atoms. The predicted octanol–water partition coefficient (Wildman–Crippen LogP) is 0.941. The van der Waals surface area contributed by atoms with Gasteiger partial charge in [-0.3, -0.25) is 4.79 Å². The van der Waals surface area contributed by atoms with Gasteiger partial charge in [-0.05, 0) is 38.1 Å². The van der Waals surface area contributed by atoms with Crippen LogP contribution in [0.3, 0.4) is 0 Å². The molecule has 0 atom stereocenters. The van der Waals surface area contributed by atoms with Crippen LogP contribution in [0.25, 0.3) is 0 Å². The summed E-state index contributed by atoms with van der Waals surface area (Å²) in [7, 11) is 0. The molecule has 0 saturated carbocycles. The summed E-state index contributed by atoms with van der Waals surface area (Å²) in [4.78, 5) is 23.6. The lowest BCUT2D eigenvalue weighted by molar-refractivity contribution is -0.116. The summed E-state index contributed by atoms with van der Waals surface area (Å²) in [6.07, 6.45) is 1.44. The second-order valence-electron chi connectivity index (χ2n) is 5.19. The van der Waals surface area contributed by atoms with Crippen molar-refractivity contribution < 1.29 is 14.3 Å². The number of ether oxygens (including phenoxy) is 1. The molecule has 2 aromatic rings. The van der Waals surface area contributed by atoms with Crippen molar-refractivity contribution in [3.8, 4) is 0 Å². The molecule has 0 saturated heterocycles. The number of benzene rings is 1. The van der Waals surface area contributed by atoms with E-state index in [1.807, 2.05) is 0 Å². The van der Waals surface area contributed by atoms with E-state index in [9.17, 15) is 9.59 Å². The van der Waals surface area contributed by atoms with Crippen LogP contribution in [0.4, 0.5) is 5.69 Å². The SMILES string of the molecule is CC(C)OC(=O)c1ccc(NC(=O)Cn2cc(CN)nn2)cc1. The van der Waals surface area contributed by atoms with Gasteiger partial charge in [0.05, 0.1) is 23.6 Å². The third-order valence-corrected chi connectivity index (χ3v) is 2.85. The molecule has 0 fully saturated rings. The zero-order chi connectivity index (χ0) is 16.8. The van der Waals surface area contributed by atoms with Crippen molar-refractivity contribution in [3.63, 3.8) is 0 Å². The standard InChI is InChI=1S/C15H19N5O3/c1-10(2)23-15(22)11-3-5-12(6-4-11)17-14(21)9-20-8-13(7-16)18-19-20/h3-6,8,10H,7,9,16H2,1-2H3,(H,17,21). The molecular formula is C15H19N5O3. The van der Waals surface area contributed by atoms with E-state index in [1.165, 1.54) is 4.68 Å². The Kier molecular flexibility index (Phi) is 5.42. The van der Waals surface area contributed by atoms with Gasteiger partial charge in [-0.25, -0.2) is 9.48 Å². The summed E-state index contributed by atoms with van der Waals surface area (Å²) in [6, 6.07) is 6.48. The minimum Gasteiger partial charge on any atom is -0.459 e. The van der Waals surface area contributed by atoms with Gasteiger partial charge in [-0.1, -0.05) is 5.21 Å². The average Bonchev–Trinajstić information content (AvgIpc) is 2.94. The van der Waals surface area contributed by atoms with Crippen LogP contribution in [-0.2, 0) is 22.6 Å². The van der Waals surface area contributed by atoms with Gasteiger partial charge in [0.15, 0.2) is 0 Å². The maximum Gasteiger partial charge on any atom is 0.338 e. The van der Waals surface area contributed by atoms with E-state index >= 15 is 0 Å². The Balaban J connectivity index is 1.92. The summed E-state index contributed by atoms with van der Waals surface area (Å²) in [5.74, 6) is -0.647. The van der Waals surface area contributed by atoms with Gasteiger partial charge in [0.25, 0.3) is 0 Å². The van der Waals surface area contributed by atoms with Crippen LogP contribution in [0.2, 0.25) is 0 Å². The lowest BCUT2D eigenvalue weighted by Crippen LogP contribution is -2.19. The molecule has 8 heteroatoms. The molecule has 2 rings (SSSR count). The third kappa shape index (κ3) is 4.89. The number of hydrogen-bond donors (Lipinski definition) is 2. The van der Waals surface area contributed by atoms with Crippen LogP contribution in [-0.4, -0.2) is 33.0 Å². The number of carbonyl (C=O) groups excluding carboxylic acids is 2. The molecule has 0 aliphatic rings. The smallest absolute Gasteiger partial charge is 0.338 e. The van der Waals surface area contributed by atoms with Crippen LogP contribution < -0.4 is 11.1 Å². The molecule has 122 valence electrons. The molecule has 3 N–H and O–H groups in total. The molecule has 0 aliphatic heterocycles. The maximum absolute atomic E-state index is 11.9. The lowest BCUT2D eigenvalue weighted by atomic mass is 10.2. The zero-order valence-corrected chi connectivity index (χ0v) is 13.0. The largest absolute Gasteiger partial charge is 0.459 e. The Morgan fingerprint density at radius 2 is 2.00 bits per heavy atom. The normalized spacial score (nSPS) is 10.6. The molecule has 1 amide bonds. The molecule has 0 unspecified atom stereocenters. The first-order chi connectivity index (χ1) is 11.0. The van der Waals surface area contributed by atoms with E-state index in [4.69, 9.17) is 10.5 Å². The second kappa shape index (κ2) is 7.50. The number of esters is 1. The molecule has 0 spiro atoms. The van der Waals surface area contributed by atoms with Crippen molar-refractivity contribution in [3.05, 3.63) is 41.7 Å². The molecule has 1 aromatic carbocycles. The van der Waals surface area contributed by atoms with Gasteiger partial charge in [0.2, 0.25) is 5.91 Å². The Morgan fingerprint density at radius 1 is 1.30 bits per heavy atom. The number of nitrogens with zero attached hydrogens (tertiary/aromatic N) is 3. The van der Waals surface area contributed by atoms with Crippen LogP contribution in [0, 0.1) is 0 Å². The van der Waals surface area contributed by atoms with Crippen LogP contribution in [0.5, 0.6) is 0 Å². The maximum atomic E-state index is 11.9.